The summed E-state index contributed by atoms with van der Waals surface area (Å²) in [7, 11) is 0. The van der Waals surface area contributed by atoms with E-state index in [0.29, 0.717) is 17.4 Å². The largest absolute Gasteiger partial charge is 0.448 e. The van der Waals surface area contributed by atoms with Crippen LogP contribution < -0.4 is 11.3 Å². The molecule has 1 rings (SSSR count). The average molecular weight is 199 g/mol. The molecule has 0 aliphatic rings. The molecule has 1 atom stereocenters. The summed E-state index contributed by atoms with van der Waals surface area (Å²) in [4.78, 5) is 0. The lowest BCUT2D eigenvalue weighted by atomic mass is 10.2. The first-order valence-corrected chi connectivity index (χ1v) is 4.26. The van der Waals surface area contributed by atoms with E-state index < -0.39 is 0 Å². The van der Waals surface area contributed by atoms with Crippen molar-refractivity contribution in [1.82, 2.24) is 5.43 Å². The van der Waals surface area contributed by atoms with Gasteiger partial charge in [-0.3, -0.25) is 5.84 Å². The highest BCUT2D eigenvalue weighted by Crippen LogP contribution is 2.21. The molecule has 1 aromatic rings. The molecule has 0 saturated carbocycles. The van der Waals surface area contributed by atoms with E-state index >= 15 is 0 Å². The fourth-order valence-electron chi connectivity index (χ4n) is 0.961. The van der Waals surface area contributed by atoms with E-state index in [1.165, 1.54) is 0 Å². The van der Waals surface area contributed by atoms with Gasteiger partial charge < -0.3 is 4.42 Å². The second-order valence-corrected chi connectivity index (χ2v) is 2.86. The molecule has 70 valence electrons. The standard InChI is InChI=1S/C9H11ClN2O/c1-2-3-4-7(12-11)8-5-6-9(10)13-8/h5-7,12H,4,11H2,1H3. The van der Waals surface area contributed by atoms with Crippen LogP contribution in [0.1, 0.15) is 25.1 Å². The Balaban J connectivity index is 2.70. The van der Waals surface area contributed by atoms with Crippen molar-refractivity contribution in [2.75, 3.05) is 0 Å². The van der Waals surface area contributed by atoms with Gasteiger partial charge in [0.15, 0.2) is 5.22 Å². The van der Waals surface area contributed by atoms with Gasteiger partial charge in [-0.15, -0.1) is 11.8 Å². The molecule has 0 saturated heterocycles. The van der Waals surface area contributed by atoms with Crippen molar-refractivity contribution in [3.05, 3.63) is 23.1 Å². The summed E-state index contributed by atoms with van der Waals surface area (Å²) in [6.45, 7) is 1.78. The normalized spacial score (nSPS) is 11.9. The third-order valence-electron chi connectivity index (χ3n) is 1.62. The Morgan fingerprint density at radius 2 is 2.46 bits per heavy atom. The van der Waals surface area contributed by atoms with Crippen LogP contribution in [0.3, 0.4) is 0 Å². The molecular weight excluding hydrogens is 188 g/mol. The van der Waals surface area contributed by atoms with Crippen LogP contribution in [0.25, 0.3) is 0 Å². The van der Waals surface area contributed by atoms with E-state index in [2.05, 4.69) is 17.3 Å². The minimum atomic E-state index is -0.0973. The summed E-state index contributed by atoms with van der Waals surface area (Å²) >= 11 is 5.62. The van der Waals surface area contributed by atoms with Gasteiger partial charge in [0, 0.05) is 6.42 Å². The second kappa shape index (κ2) is 4.93. The Bertz CT molecular complexity index is 324. The first-order chi connectivity index (χ1) is 6.27. The molecule has 0 bridgehead atoms. The van der Waals surface area contributed by atoms with Crippen LogP contribution in [0.5, 0.6) is 0 Å². The number of rotatable bonds is 3. The molecule has 3 nitrogen and oxygen atoms in total. The molecule has 0 spiro atoms. The van der Waals surface area contributed by atoms with Crippen molar-refractivity contribution in [1.29, 1.82) is 0 Å². The van der Waals surface area contributed by atoms with Crippen LogP contribution >= 0.6 is 11.6 Å². The van der Waals surface area contributed by atoms with Crippen LogP contribution in [0, 0.1) is 11.8 Å². The number of furan rings is 1. The van der Waals surface area contributed by atoms with Crippen molar-refractivity contribution in [2.45, 2.75) is 19.4 Å². The molecule has 0 amide bonds. The maximum Gasteiger partial charge on any atom is 0.193 e. The lowest BCUT2D eigenvalue weighted by molar-refractivity contribution is 0.423. The van der Waals surface area contributed by atoms with Crippen molar-refractivity contribution >= 4 is 11.6 Å². The minimum Gasteiger partial charge on any atom is -0.448 e. The van der Waals surface area contributed by atoms with E-state index in [-0.39, 0.29) is 6.04 Å². The first-order valence-electron chi connectivity index (χ1n) is 3.89. The van der Waals surface area contributed by atoms with Crippen LogP contribution in [0.15, 0.2) is 16.5 Å². The fraction of sp³-hybridized carbons (Fsp3) is 0.333. The summed E-state index contributed by atoms with van der Waals surface area (Å²) < 4.78 is 5.19. The van der Waals surface area contributed by atoms with E-state index in [0.717, 1.165) is 0 Å². The van der Waals surface area contributed by atoms with Gasteiger partial charge in [0.2, 0.25) is 0 Å². The lowest BCUT2D eigenvalue weighted by Crippen LogP contribution is -2.27. The fourth-order valence-corrected chi connectivity index (χ4v) is 1.11. The number of halogens is 1. The molecule has 1 unspecified atom stereocenters. The molecule has 1 aromatic heterocycles. The molecular formula is C9H11ClN2O. The highest BCUT2D eigenvalue weighted by molar-refractivity contribution is 6.28. The zero-order valence-corrected chi connectivity index (χ0v) is 8.06. The Hall–Kier alpha value is -0.950. The molecule has 13 heavy (non-hydrogen) atoms. The Kier molecular flexibility index (Phi) is 3.84. The van der Waals surface area contributed by atoms with Crippen molar-refractivity contribution in [3.8, 4) is 11.8 Å². The summed E-state index contributed by atoms with van der Waals surface area (Å²) in [6.07, 6.45) is 0.608. The molecule has 3 N–H and O–H groups in total. The van der Waals surface area contributed by atoms with Gasteiger partial charge in [-0.05, 0) is 30.7 Å². The number of hydrogen-bond donors (Lipinski definition) is 2. The molecule has 0 aromatic carbocycles. The van der Waals surface area contributed by atoms with Gasteiger partial charge in [0.1, 0.15) is 5.76 Å². The highest BCUT2D eigenvalue weighted by atomic mass is 35.5. The number of hydrogen-bond acceptors (Lipinski definition) is 3. The van der Waals surface area contributed by atoms with Gasteiger partial charge in [-0.25, -0.2) is 5.43 Å². The summed E-state index contributed by atoms with van der Waals surface area (Å²) in [5, 5.41) is 0.361. The van der Waals surface area contributed by atoms with E-state index in [1.807, 2.05) is 0 Å². The Labute approximate surface area is 82.2 Å². The zero-order valence-electron chi connectivity index (χ0n) is 7.30. The predicted molar refractivity (Wildman–Crippen MR) is 51.8 cm³/mol. The predicted octanol–water partition coefficient (Wildman–Crippen LogP) is 1.85. The summed E-state index contributed by atoms with van der Waals surface area (Å²) in [6, 6.07) is 3.37. The van der Waals surface area contributed by atoms with Crippen LogP contribution in [0.2, 0.25) is 5.22 Å². The monoisotopic (exact) mass is 198 g/mol. The molecule has 0 aliphatic carbocycles. The third-order valence-corrected chi connectivity index (χ3v) is 1.82. The van der Waals surface area contributed by atoms with Gasteiger partial charge >= 0.3 is 0 Å². The van der Waals surface area contributed by atoms with E-state index in [1.54, 1.807) is 19.1 Å². The SMILES string of the molecule is CC#CCC(NN)c1ccc(Cl)o1. The van der Waals surface area contributed by atoms with Crippen molar-refractivity contribution < 1.29 is 4.42 Å². The molecule has 0 fully saturated rings. The zero-order chi connectivity index (χ0) is 9.68. The minimum absolute atomic E-state index is 0.0973. The highest BCUT2D eigenvalue weighted by Gasteiger charge is 2.11. The lowest BCUT2D eigenvalue weighted by Gasteiger charge is -2.08. The maximum atomic E-state index is 5.62. The van der Waals surface area contributed by atoms with Crippen LogP contribution in [0.4, 0.5) is 0 Å². The first kappa shape index (κ1) is 10.1. The Morgan fingerprint density at radius 3 is 2.92 bits per heavy atom. The quantitative estimate of drug-likeness (QED) is 0.443. The Morgan fingerprint density at radius 1 is 1.69 bits per heavy atom. The van der Waals surface area contributed by atoms with E-state index in [9.17, 15) is 0 Å². The number of hydrazine groups is 1. The number of nitrogens with one attached hydrogen (secondary N) is 1. The average Bonchev–Trinajstić information content (AvgIpc) is 2.54. The summed E-state index contributed by atoms with van der Waals surface area (Å²) in [5.41, 5.74) is 2.61. The van der Waals surface area contributed by atoms with Crippen LogP contribution in [-0.4, -0.2) is 0 Å². The van der Waals surface area contributed by atoms with Gasteiger partial charge in [-0.2, -0.15) is 0 Å². The molecule has 1 heterocycles. The molecule has 4 heteroatoms. The maximum absolute atomic E-state index is 5.62. The third kappa shape index (κ3) is 2.78. The van der Waals surface area contributed by atoms with Crippen LogP contribution in [-0.2, 0) is 0 Å². The van der Waals surface area contributed by atoms with Crippen molar-refractivity contribution in [2.24, 2.45) is 5.84 Å². The van der Waals surface area contributed by atoms with Gasteiger partial charge in [0.25, 0.3) is 0 Å². The smallest absolute Gasteiger partial charge is 0.193 e. The van der Waals surface area contributed by atoms with Gasteiger partial charge in [-0.1, -0.05) is 0 Å². The molecule has 0 aliphatic heterocycles. The van der Waals surface area contributed by atoms with Crippen molar-refractivity contribution in [3.63, 3.8) is 0 Å². The molecule has 0 radical (unpaired) electrons. The van der Waals surface area contributed by atoms with E-state index in [4.69, 9.17) is 21.9 Å². The topological polar surface area (TPSA) is 51.2 Å². The second-order valence-electron chi connectivity index (χ2n) is 2.49. The number of nitrogens with two attached hydrogens (primary N) is 1. The van der Waals surface area contributed by atoms with Gasteiger partial charge in [0.05, 0.1) is 6.04 Å². The summed E-state index contributed by atoms with van der Waals surface area (Å²) in [5.74, 6) is 11.7.